The lowest BCUT2D eigenvalue weighted by Crippen LogP contribution is -2.05. The van der Waals surface area contributed by atoms with Crippen molar-refractivity contribution in [3.05, 3.63) is 34.5 Å². The third kappa shape index (κ3) is 2.79. The molecule has 1 aliphatic carbocycles. The van der Waals surface area contributed by atoms with Crippen LogP contribution in [0.2, 0.25) is 0 Å². The van der Waals surface area contributed by atoms with Crippen LogP contribution in [0.1, 0.15) is 52.1 Å². The van der Waals surface area contributed by atoms with E-state index in [1.807, 2.05) is 26.8 Å². The van der Waals surface area contributed by atoms with E-state index in [9.17, 15) is 4.79 Å². The molecular formula is C16H20N2O2S. The van der Waals surface area contributed by atoms with Gasteiger partial charge in [0.2, 0.25) is 0 Å². The average molecular weight is 304 g/mol. The lowest BCUT2D eigenvalue weighted by molar-refractivity contribution is 0.102. The van der Waals surface area contributed by atoms with E-state index in [0.717, 1.165) is 22.7 Å². The number of hydrogen-bond acceptors (Lipinski definition) is 4. The van der Waals surface area contributed by atoms with Crippen molar-refractivity contribution >= 4 is 17.5 Å². The molecule has 0 N–H and O–H groups in total. The minimum Gasteiger partial charge on any atom is -0.437 e. The first-order valence-corrected chi connectivity index (χ1v) is 8.24. The first kappa shape index (κ1) is 14.4. The van der Waals surface area contributed by atoms with Crippen molar-refractivity contribution in [3.8, 4) is 0 Å². The Morgan fingerprint density at radius 1 is 1.38 bits per heavy atom. The van der Waals surface area contributed by atoms with Crippen molar-refractivity contribution in [1.29, 1.82) is 0 Å². The van der Waals surface area contributed by atoms with Gasteiger partial charge in [-0.25, -0.2) is 4.98 Å². The molecule has 0 aromatic carbocycles. The molecule has 112 valence electrons. The highest BCUT2D eigenvalue weighted by Gasteiger charge is 2.28. The molecule has 0 spiro atoms. The highest BCUT2D eigenvalue weighted by Crippen LogP contribution is 2.38. The van der Waals surface area contributed by atoms with Crippen LogP contribution >= 0.6 is 11.8 Å². The first-order valence-electron chi connectivity index (χ1n) is 7.26. The molecular weight excluding hydrogens is 284 g/mol. The third-order valence-electron chi connectivity index (χ3n) is 4.03. The Bertz CT molecular complexity index is 676. The van der Waals surface area contributed by atoms with Gasteiger partial charge in [-0.05, 0) is 46.6 Å². The van der Waals surface area contributed by atoms with Crippen LogP contribution in [0.15, 0.2) is 15.7 Å². The summed E-state index contributed by atoms with van der Waals surface area (Å²) < 4.78 is 7.81. The highest BCUT2D eigenvalue weighted by molar-refractivity contribution is 7.99. The van der Waals surface area contributed by atoms with E-state index >= 15 is 0 Å². The first-order chi connectivity index (χ1) is 9.97. The molecule has 0 saturated heterocycles. The summed E-state index contributed by atoms with van der Waals surface area (Å²) in [6, 6.07) is 2.62. The molecule has 0 amide bonds. The summed E-state index contributed by atoms with van der Waals surface area (Å²) in [4.78, 5) is 16.7. The number of aromatic nitrogens is 2. The molecule has 0 radical (unpaired) electrons. The van der Waals surface area contributed by atoms with Gasteiger partial charge in [0.25, 0.3) is 5.22 Å². The Kier molecular flexibility index (Phi) is 3.69. The number of carbonyl (C=O) groups is 1. The maximum atomic E-state index is 12.4. The molecule has 0 bridgehead atoms. The van der Waals surface area contributed by atoms with Gasteiger partial charge in [-0.2, -0.15) is 0 Å². The molecule has 5 heteroatoms. The fourth-order valence-corrected chi connectivity index (χ4v) is 3.46. The molecule has 2 heterocycles. The van der Waals surface area contributed by atoms with Crippen LogP contribution in [0.3, 0.4) is 0 Å². The van der Waals surface area contributed by atoms with Gasteiger partial charge < -0.3 is 8.98 Å². The normalized spacial score (nSPS) is 14.7. The molecule has 1 saturated carbocycles. The monoisotopic (exact) mass is 304 g/mol. The summed E-state index contributed by atoms with van der Waals surface area (Å²) in [7, 11) is 0. The standard InChI is InChI=1S/C16H20N2O2S/c1-9-7-14(11(3)18(9)13-5-6-13)15(19)8-21-16-17-10(2)12(4)20-16/h7,13H,5-6,8H2,1-4H3. The zero-order chi connectivity index (χ0) is 15.1. The van der Waals surface area contributed by atoms with Crippen LogP contribution in [-0.4, -0.2) is 21.1 Å². The smallest absolute Gasteiger partial charge is 0.256 e. The second kappa shape index (κ2) is 5.37. The van der Waals surface area contributed by atoms with Gasteiger partial charge >= 0.3 is 0 Å². The van der Waals surface area contributed by atoms with Crippen molar-refractivity contribution in [2.75, 3.05) is 5.75 Å². The average Bonchev–Trinajstić information content (AvgIpc) is 3.14. The van der Waals surface area contributed by atoms with Crippen LogP contribution in [0.5, 0.6) is 0 Å². The van der Waals surface area contributed by atoms with E-state index in [2.05, 4.69) is 16.5 Å². The maximum absolute atomic E-state index is 12.4. The number of Topliss-reactive ketones (excluding diaryl/α,β-unsaturated/α-hetero) is 1. The van der Waals surface area contributed by atoms with Gasteiger partial charge in [0.15, 0.2) is 5.78 Å². The number of aryl methyl sites for hydroxylation is 3. The van der Waals surface area contributed by atoms with Gasteiger partial charge in [-0.3, -0.25) is 4.79 Å². The molecule has 21 heavy (non-hydrogen) atoms. The van der Waals surface area contributed by atoms with Gasteiger partial charge in [0.1, 0.15) is 5.76 Å². The quantitative estimate of drug-likeness (QED) is 0.618. The van der Waals surface area contributed by atoms with Crippen LogP contribution in [0, 0.1) is 27.7 Å². The Hall–Kier alpha value is -1.49. The molecule has 2 aromatic rings. The van der Waals surface area contributed by atoms with E-state index in [1.165, 1.54) is 30.3 Å². The summed E-state index contributed by atoms with van der Waals surface area (Å²) in [5.74, 6) is 1.33. The SMILES string of the molecule is Cc1nc(SCC(=O)c2cc(C)n(C3CC3)c2C)oc1C. The van der Waals surface area contributed by atoms with Crippen LogP contribution < -0.4 is 0 Å². The fraction of sp³-hybridized carbons (Fsp3) is 0.500. The predicted octanol–water partition coefficient (Wildman–Crippen LogP) is 4.02. The zero-order valence-electron chi connectivity index (χ0n) is 12.9. The second-order valence-corrected chi connectivity index (χ2v) is 6.65. The van der Waals surface area contributed by atoms with Gasteiger partial charge in [0, 0.05) is 23.0 Å². The lowest BCUT2D eigenvalue weighted by atomic mass is 10.2. The number of ketones is 1. The molecule has 1 aliphatic rings. The number of hydrogen-bond donors (Lipinski definition) is 0. The van der Waals surface area contributed by atoms with Crippen LogP contribution in [-0.2, 0) is 0 Å². The Morgan fingerprint density at radius 2 is 2.10 bits per heavy atom. The summed E-state index contributed by atoms with van der Waals surface area (Å²) in [6.07, 6.45) is 2.46. The summed E-state index contributed by atoms with van der Waals surface area (Å²) in [5.41, 5.74) is 4.01. The Morgan fingerprint density at radius 3 is 2.67 bits per heavy atom. The third-order valence-corrected chi connectivity index (χ3v) is 4.86. The minimum atomic E-state index is 0.147. The molecule has 0 unspecified atom stereocenters. The number of rotatable bonds is 5. The second-order valence-electron chi connectivity index (χ2n) is 5.72. The minimum absolute atomic E-state index is 0.147. The van der Waals surface area contributed by atoms with E-state index in [1.54, 1.807) is 0 Å². The molecule has 0 atom stereocenters. The molecule has 2 aromatic heterocycles. The highest BCUT2D eigenvalue weighted by atomic mass is 32.2. The van der Waals surface area contributed by atoms with E-state index in [0.29, 0.717) is 17.0 Å². The van der Waals surface area contributed by atoms with Crippen molar-refractivity contribution in [1.82, 2.24) is 9.55 Å². The summed E-state index contributed by atoms with van der Waals surface area (Å²) in [6.45, 7) is 7.92. The topological polar surface area (TPSA) is 48.0 Å². The van der Waals surface area contributed by atoms with Crippen LogP contribution in [0.25, 0.3) is 0 Å². The number of oxazole rings is 1. The van der Waals surface area contributed by atoms with Crippen molar-refractivity contribution in [2.24, 2.45) is 0 Å². The van der Waals surface area contributed by atoms with Gasteiger partial charge in [-0.1, -0.05) is 11.8 Å². The van der Waals surface area contributed by atoms with Crippen molar-refractivity contribution < 1.29 is 9.21 Å². The van der Waals surface area contributed by atoms with Crippen molar-refractivity contribution in [3.63, 3.8) is 0 Å². The Balaban J connectivity index is 1.72. The fourth-order valence-electron chi connectivity index (χ4n) is 2.66. The molecule has 4 nitrogen and oxygen atoms in total. The van der Waals surface area contributed by atoms with E-state index < -0.39 is 0 Å². The predicted molar refractivity (Wildman–Crippen MR) is 83.2 cm³/mol. The number of thioether (sulfide) groups is 1. The van der Waals surface area contributed by atoms with E-state index in [-0.39, 0.29) is 5.78 Å². The molecule has 3 rings (SSSR count). The van der Waals surface area contributed by atoms with Gasteiger partial charge in [-0.15, -0.1) is 0 Å². The lowest BCUT2D eigenvalue weighted by Gasteiger charge is -2.07. The molecule has 0 aliphatic heterocycles. The summed E-state index contributed by atoms with van der Waals surface area (Å²) >= 11 is 1.37. The largest absolute Gasteiger partial charge is 0.437 e. The van der Waals surface area contributed by atoms with E-state index in [4.69, 9.17) is 4.42 Å². The van der Waals surface area contributed by atoms with Crippen molar-refractivity contribution in [2.45, 2.75) is 51.8 Å². The zero-order valence-corrected chi connectivity index (χ0v) is 13.7. The number of nitrogens with zero attached hydrogens (tertiary/aromatic N) is 2. The number of carbonyl (C=O) groups excluding carboxylic acids is 1. The Labute approximate surface area is 128 Å². The summed E-state index contributed by atoms with van der Waals surface area (Å²) in [5, 5.41) is 0.578. The molecule has 1 fully saturated rings. The van der Waals surface area contributed by atoms with Gasteiger partial charge in [0.05, 0.1) is 11.4 Å². The van der Waals surface area contributed by atoms with Crippen LogP contribution in [0.4, 0.5) is 0 Å². The maximum Gasteiger partial charge on any atom is 0.256 e.